The molecule has 0 fully saturated rings. The van der Waals surface area contributed by atoms with Crippen molar-refractivity contribution >= 4 is 23.2 Å². The molecule has 0 radical (unpaired) electrons. The van der Waals surface area contributed by atoms with Crippen LogP contribution in [0.5, 0.6) is 0 Å². The normalized spacial score (nSPS) is 9.29. The monoisotopic (exact) mass is 219 g/mol. The lowest BCUT2D eigenvalue weighted by atomic mass is 10.5. The molecular weight excluding hydrogens is 202 g/mol. The van der Waals surface area contributed by atoms with Crippen molar-refractivity contribution in [3.05, 3.63) is 0 Å². The highest BCUT2D eigenvalue weighted by Crippen LogP contribution is 1.70. The molecule has 0 aromatic rings. The van der Waals surface area contributed by atoms with Gasteiger partial charge in [0.1, 0.15) is 0 Å². The third kappa shape index (κ3) is 7.75. The molecule has 82 valence electrons. The zero-order valence-corrected chi connectivity index (χ0v) is 9.37. The highest BCUT2D eigenvalue weighted by Gasteiger charge is 1.99. The van der Waals surface area contributed by atoms with Crippen LogP contribution in [0.25, 0.3) is 0 Å². The van der Waals surface area contributed by atoms with Crippen LogP contribution in [0.2, 0.25) is 0 Å². The van der Waals surface area contributed by atoms with Crippen molar-refractivity contribution in [2.24, 2.45) is 0 Å². The molecule has 0 aliphatic carbocycles. The highest BCUT2D eigenvalue weighted by molar-refractivity contribution is 7.80. The van der Waals surface area contributed by atoms with E-state index in [4.69, 9.17) is 17.0 Å². The van der Waals surface area contributed by atoms with Gasteiger partial charge in [0.15, 0.2) is 5.11 Å². The molecule has 0 saturated carbocycles. The predicted molar refractivity (Wildman–Crippen MR) is 59.2 cm³/mol. The number of likely N-dealkylation sites (N-methyl/N-ethyl adjacent to an activating group) is 1. The summed E-state index contributed by atoms with van der Waals surface area (Å²) in [6.07, 6.45) is 0. The Morgan fingerprint density at radius 3 is 2.64 bits per heavy atom. The maximum Gasteiger partial charge on any atom is 0.239 e. The molecule has 0 aliphatic heterocycles. The van der Waals surface area contributed by atoms with Crippen LogP contribution in [-0.4, -0.2) is 44.4 Å². The number of ether oxygens (including phenoxy) is 1. The molecule has 0 heterocycles. The van der Waals surface area contributed by atoms with Crippen LogP contribution in [0.3, 0.4) is 0 Å². The van der Waals surface area contributed by atoms with Gasteiger partial charge in [0.25, 0.3) is 0 Å². The fourth-order valence-corrected chi connectivity index (χ4v) is 0.924. The van der Waals surface area contributed by atoms with E-state index in [0.29, 0.717) is 24.8 Å². The van der Waals surface area contributed by atoms with Gasteiger partial charge in [-0.05, 0) is 19.1 Å². The standard InChI is InChI=1S/C8H17N3O2S/c1-3-9-7(12)6-11-8(14)10-4-5-13-2/h3-6H2,1-2H3,(H,9,12)(H2,10,11,14). The average molecular weight is 219 g/mol. The minimum absolute atomic E-state index is 0.0663. The van der Waals surface area contributed by atoms with E-state index in [2.05, 4.69) is 16.0 Å². The van der Waals surface area contributed by atoms with Crippen LogP contribution in [0.4, 0.5) is 0 Å². The average Bonchev–Trinajstić information content (AvgIpc) is 2.16. The topological polar surface area (TPSA) is 62.4 Å². The number of hydrogen-bond donors (Lipinski definition) is 3. The summed E-state index contributed by atoms with van der Waals surface area (Å²) < 4.78 is 4.83. The van der Waals surface area contributed by atoms with E-state index in [1.165, 1.54) is 0 Å². The van der Waals surface area contributed by atoms with Gasteiger partial charge in [0.2, 0.25) is 5.91 Å². The van der Waals surface area contributed by atoms with Gasteiger partial charge >= 0.3 is 0 Å². The maximum atomic E-state index is 11.0. The molecule has 0 atom stereocenters. The molecule has 3 N–H and O–H groups in total. The smallest absolute Gasteiger partial charge is 0.239 e. The van der Waals surface area contributed by atoms with Crippen LogP contribution in [-0.2, 0) is 9.53 Å². The van der Waals surface area contributed by atoms with Crippen molar-refractivity contribution in [2.45, 2.75) is 6.92 Å². The first-order valence-electron chi connectivity index (χ1n) is 4.48. The largest absolute Gasteiger partial charge is 0.383 e. The lowest BCUT2D eigenvalue weighted by molar-refractivity contribution is -0.119. The van der Waals surface area contributed by atoms with E-state index in [1.807, 2.05) is 6.92 Å². The number of rotatable bonds is 6. The van der Waals surface area contributed by atoms with Gasteiger partial charge in [-0.3, -0.25) is 4.79 Å². The van der Waals surface area contributed by atoms with E-state index in [1.54, 1.807) is 7.11 Å². The Morgan fingerprint density at radius 1 is 1.36 bits per heavy atom. The van der Waals surface area contributed by atoms with Gasteiger partial charge < -0.3 is 20.7 Å². The van der Waals surface area contributed by atoms with Crippen LogP contribution in [0.1, 0.15) is 6.92 Å². The summed E-state index contributed by atoms with van der Waals surface area (Å²) in [5.74, 6) is -0.0663. The van der Waals surface area contributed by atoms with E-state index in [9.17, 15) is 4.79 Å². The van der Waals surface area contributed by atoms with Crippen molar-refractivity contribution in [2.75, 3.05) is 33.4 Å². The Kier molecular flexibility index (Phi) is 8.16. The number of methoxy groups -OCH3 is 1. The first-order valence-corrected chi connectivity index (χ1v) is 4.88. The number of hydrogen-bond acceptors (Lipinski definition) is 3. The van der Waals surface area contributed by atoms with Gasteiger partial charge in [-0.15, -0.1) is 0 Å². The fourth-order valence-electron chi connectivity index (χ4n) is 0.749. The van der Waals surface area contributed by atoms with E-state index < -0.39 is 0 Å². The molecule has 0 aromatic heterocycles. The summed E-state index contributed by atoms with van der Waals surface area (Å²) in [5.41, 5.74) is 0. The Morgan fingerprint density at radius 2 is 2.07 bits per heavy atom. The van der Waals surface area contributed by atoms with Crippen molar-refractivity contribution < 1.29 is 9.53 Å². The summed E-state index contributed by atoms with van der Waals surface area (Å²) in [5, 5.41) is 8.80. The molecule has 0 bridgehead atoms. The molecule has 0 spiro atoms. The first-order chi connectivity index (χ1) is 6.70. The Labute approximate surface area is 89.6 Å². The van der Waals surface area contributed by atoms with Crippen LogP contribution in [0.15, 0.2) is 0 Å². The number of thiocarbonyl (C=S) groups is 1. The highest BCUT2D eigenvalue weighted by atomic mass is 32.1. The number of carbonyl (C=O) groups excluding carboxylic acids is 1. The molecular formula is C8H17N3O2S. The maximum absolute atomic E-state index is 11.0. The third-order valence-electron chi connectivity index (χ3n) is 1.38. The Hall–Kier alpha value is -0.880. The third-order valence-corrected chi connectivity index (χ3v) is 1.66. The summed E-state index contributed by atoms with van der Waals surface area (Å²) in [4.78, 5) is 11.0. The van der Waals surface area contributed by atoms with Crippen molar-refractivity contribution in [3.8, 4) is 0 Å². The first kappa shape index (κ1) is 13.1. The van der Waals surface area contributed by atoms with Crippen LogP contribution in [0, 0.1) is 0 Å². The van der Waals surface area contributed by atoms with Gasteiger partial charge in [-0.25, -0.2) is 0 Å². The van der Waals surface area contributed by atoms with Gasteiger partial charge in [0.05, 0.1) is 13.2 Å². The lowest BCUT2D eigenvalue weighted by Gasteiger charge is -2.09. The molecule has 0 aromatic carbocycles. The van der Waals surface area contributed by atoms with Crippen molar-refractivity contribution in [1.82, 2.24) is 16.0 Å². The van der Waals surface area contributed by atoms with Crippen molar-refractivity contribution in [3.63, 3.8) is 0 Å². The molecule has 0 rings (SSSR count). The van der Waals surface area contributed by atoms with Crippen LogP contribution >= 0.6 is 12.2 Å². The lowest BCUT2D eigenvalue weighted by Crippen LogP contribution is -2.42. The number of amides is 1. The number of nitrogens with one attached hydrogen (secondary N) is 3. The Balaban J connectivity index is 3.39. The molecule has 6 heteroatoms. The Bertz CT molecular complexity index is 187. The second-order valence-electron chi connectivity index (χ2n) is 2.56. The second kappa shape index (κ2) is 8.71. The minimum Gasteiger partial charge on any atom is -0.383 e. The van der Waals surface area contributed by atoms with Gasteiger partial charge in [-0.1, -0.05) is 0 Å². The predicted octanol–water partition coefficient (Wildman–Crippen LogP) is -0.767. The zero-order chi connectivity index (χ0) is 10.8. The zero-order valence-electron chi connectivity index (χ0n) is 8.55. The molecule has 5 nitrogen and oxygen atoms in total. The summed E-state index contributed by atoms with van der Waals surface area (Å²) in [6.45, 7) is 3.92. The SMILES string of the molecule is CCNC(=O)CNC(=S)NCCOC. The fraction of sp³-hybridized carbons (Fsp3) is 0.750. The van der Waals surface area contributed by atoms with Crippen LogP contribution < -0.4 is 16.0 Å². The van der Waals surface area contributed by atoms with E-state index in [0.717, 1.165) is 0 Å². The van der Waals surface area contributed by atoms with E-state index in [-0.39, 0.29) is 12.5 Å². The summed E-state index contributed by atoms with van der Waals surface area (Å²) in [6, 6.07) is 0. The minimum atomic E-state index is -0.0663. The van der Waals surface area contributed by atoms with E-state index >= 15 is 0 Å². The summed E-state index contributed by atoms with van der Waals surface area (Å²) >= 11 is 4.91. The molecule has 1 amide bonds. The molecule has 0 unspecified atom stereocenters. The quantitative estimate of drug-likeness (QED) is 0.404. The van der Waals surface area contributed by atoms with Gasteiger partial charge in [-0.2, -0.15) is 0 Å². The molecule has 0 saturated heterocycles. The van der Waals surface area contributed by atoms with Crippen molar-refractivity contribution in [1.29, 1.82) is 0 Å². The summed E-state index contributed by atoms with van der Waals surface area (Å²) in [7, 11) is 1.62. The number of carbonyl (C=O) groups is 1. The second-order valence-corrected chi connectivity index (χ2v) is 2.96. The van der Waals surface area contributed by atoms with Gasteiger partial charge in [0, 0.05) is 20.2 Å². The molecule has 14 heavy (non-hydrogen) atoms. The molecule has 0 aliphatic rings.